The van der Waals surface area contributed by atoms with Crippen molar-refractivity contribution >= 4 is 32.7 Å². The van der Waals surface area contributed by atoms with Crippen molar-refractivity contribution in [1.82, 2.24) is 14.5 Å². The molecule has 0 spiro atoms. The highest BCUT2D eigenvalue weighted by molar-refractivity contribution is 6.09. The van der Waals surface area contributed by atoms with Gasteiger partial charge in [0.05, 0.1) is 11.0 Å². The zero-order valence-corrected chi connectivity index (χ0v) is 21.5. The van der Waals surface area contributed by atoms with Crippen molar-refractivity contribution in [2.75, 3.05) is 0 Å². The molecular weight excluding hydrogens is 458 g/mol. The van der Waals surface area contributed by atoms with Gasteiger partial charge in [-0.25, -0.2) is 9.97 Å². The number of aromatic nitrogens is 3. The van der Waals surface area contributed by atoms with Crippen molar-refractivity contribution < 1.29 is 9.84 Å². The largest absolute Gasteiger partial charge is 0.506 e. The van der Waals surface area contributed by atoms with E-state index in [-0.39, 0.29) is 5.75 Å². The Balaban J connectivity index is 1.53. The minimum atomic E-state index is 0.160. The minimum Gasteiger partial charge on any atom is -0.506 e. The molecule has 37 heavy (non-hydrogen) atoms. The first-order valence-electron chi connectivity index (χ1n) is 12.8. The van der Waals surface area contributed by atoms with Crippen LogP contribution in [0.3, 0.4) is 0 Å². The average molecular weight is 488 g/mol. The van der Waals surface area contributed by atoms with Crippen molar-refractivity contribution in [2.24, 2.45) is 0 Å². The highest BCUT2D eigenvalue weighted by Gasteiger charge is 2.16. The van der Waals surface area contributed by atoms with Crippen LogP contribution in [0, 0.1) is 13.8 Å². The van der Waals surface area contributed by atoms with Gasteiger partial charge in [-0.3, -0.25) is 4.57 Å². The fourth-order valence-corrected chi connectivity index (χ4v) is 5.14. The molecule has 0 saturated heterocycles. The monoisotopic (exact) mass is 487 g/mol. The molecule has 1 N–H and O–H groups in total. The lowest BCUT2D eigenvalue weighted by Gasteiger charge is -2.11. The summed E-state index contributed by atoms with van der Waals surface area (Å²) in [7, 11) is 0. The molecule has 184 valence electrons. The van der Waals surface area contributed by atoms with Gasteiger partial charge in [0.25, 0.3) is 0 Å². The van der Waals surface area contributed by atoms with Gasteiger partial charge in [-0.2, -0.15) is 0 Å². The molecule has 0 atom stereocenters. The van der Waals surface area contributed by atoms with Crippen LogP contribution in [0.25, 0.3) is 38.5 Å². The Morgan fingerprint density at radius 3 is 2.41 bits per heavy atom. The van der Waals surface area contributed by atoms with Crippen molar-refractivity contribution in [3.8, 4) is 23.2 Å². The van der Waals surface area contributed by atoms with Crippen LogP contribution in [0.15, 0.2) is 72.9 Å². The topological polar surface area (TPSA) is 60.2 Å². The number of hydrogen-bond donors (Lipinski definition) is 1. The smallest absolute Gasteiger partial charge is 0.220 e. The van der Waals surface area contributed by atoms with Crippen LogP contribution in [0.2, 0.25) is 0 Å². The molecule has 0 saturated carbocycles. The van der Waals surface area contributed by atoms with E-state index in [9.17, 15) is 5.11 Å². The van der Waals surface area contributed by atoms with E-state index in [4.69, 9.17) is 9.72 Å². The highest BCUT2D eigenvalue weighted by atomic mass is 16.5. The zero-order valence-electron chi connectivity index (χ0n) is 21.5. The van der Waals surface area contributed by atoms with Gasteiger partial charge in [-0.05, 0) is 97.5 Å². The lowest BCUT2D eigenvalue weighted by atomic mass is 10.1. The summed E-state index contributed by atoms with van der Waals surface area (Å²) in [4.78, 5) is 9.36. The summed E-state index contributed by atoms with van der Waals surface area (Å²) < 4.78 is 8.49. The Morgan fingerprint density at radius 1 is 0.784 bits per heavy atom. The van der Waals surface area contributed by atoms with E-state index in [0.29, 0.717) is 17.1 Å². The number of benzene rings is 3. The minimum absolute atomic E-state index is 0.160. The molecule has 0 radical (unpaired) electrons. The maximum absolute atomic E-state index is 10.5. The molecule has 6 aromatic rings. The Labute approximate surface area is 216 Å². The maximum atomic E-state index is 10.5. The third kappa shape index (κ3) is 3.97. The fourth-order valence-electron chi connectivity index (χ4n) is 5.14. The van der Waals surface area contributed by atoms with E-state index >= 15 is 0 Å². The first-order chi connectivity index (χ1) is 17.9. The molecule has 0 aliphatic heterocycles. The van der Waals surface area contributed by atoms with Crippen LogP contribution in [0.4, 0.5) is 0 Å². The highest BCUT2D eigenvalue weighted by Crippen LogP contribution is 2.36. The normalized spacial score (nSPS) is 11.6. The molecule has 0 aliphatic carbocycles. The second-order valence-corrected chi connectivity index (χ2v) is 9.65. The molecule has 5 heteroatoms. The summed E-state index contributed by atoms with van der Waals surface area (Å²) >= 11 is 0. The van der Waals surface area contributed by atoms with E-state index in [1.54, 1.807) is 6.07 Å². The van der Waals surface area contributed by atoms with Gasteiger partial charge >= 0.3 is 0 Å². The molecule has 0 unspecified atom stereocenters. The molecule has 3 aromatic heterocycles. The third-order valence-corrected chi connectivity index (χ3v) is 7.10. The first kappa shape index (κ1) is 23.0. The first-order valence-corrected chi connectivity index (χ1v) is 12.8. The van der Waals surface area contributed by atoms with E-state index in [1.165, 1.54) is 16.5 Å². The van der Waals surface area contributed by atoms with E-state index in [1.807, 2.05) is 38.2 Å². The van der Waals surface area contributed by atoms with Gasteiger partial charge in [-0.1, -0.05) is 19.9 Å². The van der Waals surface area contributed by atoms with Crippen LogP contribution in [-0.2, 0) is 12.8 Å². The summed E-state index contributed by atoms with van der Waals surface area (Å²) in [6.07, 6.45) is 3.80. The van der Waals surface area contributed by atoms with E-state index in [2.05, 4.69) is 65.9 Å². The van der Waals surface area contributed by atoms with Gasteiger partial charge < -0.3 is 9.84 Å². The van der Waals surface area contributed by atoms with Crippen molar-refractivity contribution in [3.63, 3.8) is 0 Å². The lowest BCUT2D eigenvalue weighted by Crippen LogP contribution is -1.99. The quantitative estimate of drug-likeness (QED) is 0.268. The predicted molar refractivity (Wildman–Crippen MR) is 150 cm³/mol. The molecule has 0 amide bonds. The Hall–Kier alpha value is -4.38. The third-order valence-electron chi connectivity index (χ3n) is 7.10. The molecule has 0 fully saturated rings. The van der Waals surface area contributed by atoms with Gasteiger partial charge in [0, 0.05) is 34.5 Å². The maximum Gasteiger partial charge on any atom is 0.220 e. The van der Waals surface area contributed by atoms with Gasteiger partial charge in [-0.15, -0.1) is 0 Å². The predicted octanol–water partition coefficient (Wildman–Crippen LogP) is 7.97. The molecule has 6 rings (SSSR count). The van der Waals surface area contributed by atoms with E-state index in [0.717, 1.165) is 51.6 Å². The number of fused-ring (bicyclic) bond motifs is 4. The number of aryl methyl sites for hydroxylation is 4. The average Bonchev–Trinajstić information content (AvgIpc) is 3.22. The molecule has 0 bridgehead atoms. The fraction of sp³-hybridized carbons (Fsp3) is 0.188. The Morgan fingerprint density at radius 2 is 1.59 bits per heavy atom. The molecule has 0 aliphatic rings. The van der Waals surface area contributed by atoms with Gasteiger partial charge in [0.1, 0.15) is 22.8 Å². The van der Waals surface area contributed by atoms with Gasteiger partial charge in [0.2, 0.25) is 5.88 Å². The van der Waals surface area contributed by atoms with Crippen LogP contribution >= 0.6 is 0 Å². The van der Waals surface area contributed by atoms with Crippen LogP contribution in [0.5, 0.6) is 17.4 Å². The van der Waals surface area contributed by atoms with Crippen LogP contribution < -0.4 is 4.74 Å². The summed E-state index contributed by atoms with van der Waals surface area (Å²) in [6.45, 7) is 8.30. The lowest BCUT2D eigenvalue weighted by molar-refractivity contribution is 0.459. The van der Waals surface area contributed by atoms with Gasteiger partial charge in [0.15, 0.2) is 0 Å². The Kier molecular flexibility index (Phi) is 5.56. The van der Waals surface area contributed by atoms with Crippen molar-refractivity contribution in [3.05, 3.63) is 95.2 Å². The second kappa shape index (κ2) is 8.93. The van der Waals surface area contributed by atoms with Crippen LogP contribution in [-0.4, -0.2) is 19.6 Å². The number of phenols is 1. The number of ether oxygens (including phenoxy) is 1. The summed E-state index contributed by atoms with van der Waals surface area (Å²) in [5.41, 5.74) is 7.22. The summed E-state index contributed by atoms with van der Waals surface area (Å²) in [5, 5.41) is 13.8. The van der Waals surface area contributed by atoms with Crippen molar-refractivity contribution in [2.45, 2.75) is 40.5 Å². The van der Waals surface area contributed by atoms with Crippen LogP contribution in [0.1, 0.15) is 36.1 Å². The second-order valence-electron chi connectivity index (χ2n) is 9.65. The van der Waals surface area contributed by atoms with Crippen molar-refractivity contribution in [1.29, 1.82) is 0 Å². The molecule has 5 nitrogen and oxygen atoms in total. The number of pyridine rings is 2. The number of phenolic OH excluding ortho intramolecular Hbond substituents is 1. The molecule has 3 heterocycles. The Bertz CT molecular complexity index is 1820. The number of aromatic hydroxyl groups is 1. The number of hydrogen-bond acceptors (Lipinski definition) is 4. The standard InChI is InChI=1S/C32H29N3O2/c1-5-21-7-10-27-26(16-21)24-9-8-23(18-28(24)35(27)30-17-22(6-2)11-12-33-30)37-31-15-20(4)25-13-19(3)14-29(36)32(25)34-31/h7-18,36H,5-6H2,1-4H3. The molecular formula is C32H29N3O2. The molecule has 3 aromatic carbocycles. The zero-order chi connectivity index (χ0) is 25.7. The summed E-state index contributed by atoms with van der Waals surface area (Å²) in [6, 6.07) is 22.7. The summed E-state index contributed by atoms with van der Waals surface area (Å²) in [5.74, 6) is 2.18. The SMILES string of the molecule is CCc1ccnc(-n2c3ccc(CC)cc3c3ccc(Oc4cc(C)c5cc(C)cc(O)c5n4)cc32)c1. The van der Waals surface area contributed by atoms with E-state index < -0.39 is 0 Å². The number of nitrogens with zero attached hydrogens (tertiary/aromatic N) is 3. The number of rotatable bonds is 5.